The summed E-state index contributed by atoms with van der Waals surface area (Å²) < 4.78 is 23.3. The van der Waals surface area contributed by atoms with Crippen LogP contribution in [0.5, 0.6) is 11.5 Å². The largest absolute Gasteiger partial charge is 0.497 e. The number of carbonyl (C=O) groups is 4. The van der Waals surface area contributed by atoms with Gasteiger partial charge >= 0.3 is 11.9 Å². The third-order valence-electron chi connectivity index (χ3n) is 10.2. The molecule has 11 heteroatoms. The molecule has 2 amide bonds. The third-order valence-corrected chi connectivity index (χ3v) is 10.2. The molecule has 6 rings (SSSR count). The van der Waals surface area contributed by atoms with Gasteiger partial charge in [0.05, 0.1) is 37.9 Å². The van der Waals surface area contributed by atoms with E-state index in [-0.39, 0.29) is 37.8 Å². The minimum Gasteiger partial charge on any atom is -0.497 e. The van der Waals surface area contributed by atoms with E-state index in [0.29, 0.717) is 35.6 Å². The Morgan fingerprint density at radius 3 is 2.57 bits per heavy atom. The second-order valence-corrected chi connectivity index (χ2v) is 15.3. The average Bonchev–Trinajstić information content (AvgIpc) is 3.66. The highest BCUT2D eigenvalue weighted by Crippen LogP contribution is 2.46. The van der Waals surface area contributed by atoms with Crippen molar-refractivity contribution < 1.29 is 38.1 Å². The smallest absolute Gasteiger partial charge is 0.332 e. The van der Waals surface area contributed by atoms with Crippen molar-refractivity contribution in [1.29, 1.82) is 0 Å². The van der Waals surface area contributed by atoms with E-state index in [9.17, 15) is 19.2 Å². The first kappa shape index (κ1) is 37.8. The molecule has 3 aromatic rings. The summed E-state index contributed by atoms with van der Waals surface area (Å²) in [5.74, 6) is -1.39. The van der Waals surface area contributed by atoms with Gasteiger partial charge in [0.1, 0.15) is 34.8 Å². The number of methoxy groups -OCH3 is 1. The molecule has 3 aliphatic rings. The number of nitrogens with one attached hydrogen (secondary N) is 1. The van der Waals surface area contributed by atoms with E-state index >= 15 is 0 Å². The van der Waals surface area contributed by atoms with Crippen molar-refractivity contribution in [2.75, 3.05) is 20.3 Å². The van der Waals surface area contributed by atoms with Crippen molar-refractivity contribution in [3.63, 3.8) is 0 Å². The van der Waals surface area contributed by atoms with Crippen LogP contribution in [0.15, 0.2) is 66.7 Å². The van der Waals surface area contributed by atoms with Gasteiger partial charge in [-0.25, -0.2) is 9.78 Å². The van der Waals surface area contributed by atoms with Crippen LogP contribution < -0.4 is 14.8 Å². The van der Waals surface area contributed by atoms with Gasteiger partial charge in [-0.05, 0) is 65.5 Å². The summed E-state index contributed by atoms with van der Waals surface area (Å²) in [5, 5.41) is 3.78. The van der Waals surface area contributed by atoms with E-state index in [2.05, 4.69) is 11.4 Å². The van der Waals surface area contributed by atoms with Crippen LogP contribution in [0, 0.1) is 11.8 Å². The molecule has 0 bridgehead atoms. The van der Waals surface area contributed by atoms with Crippen LogP contribution in [0.4, 0.5) is 0 Å². The van der Waals surface area contributed by atoms with Gasteiger partial charge in [0.25, 0.3) is 0 Å². The van der Waals surface area contributed by atoms with Crippen LogP contribution >= 0.6 is 0 Å². The number of nitrogens with zero attached hydrogens (tertiary/aromatic N) is 2. The molecule has 1 aliphatic carbocycles. The van der Waals surface area contributed by atoms with E-state index in [1.54, 1.807) is 39.7 Å². The van der Waals surface area contributed by atoms with Crippen LogP contribution in [0.1, 0.15) is 79.1 Å². The van der Waals surface area contributed by atoms with Crippen LogP contribution in [-0.2, 0) is 28.7 Å². The van der Waals surface area contributed by atoms with Crippen LogP contribution in [-0.4, -0.2) is 77.2 Å². The predicted octanol–water partition coefficient (Wildman–Crippen LogP) is 6.57. The molecule has 2 aromatic carbocycles. The molecule has 2 aliphatic heterocycles. The Morgan fingerprint density at radius 2 is 1.83 bits per heavy atom. The van der Waals surface area contributed by atoms with Gasteiger partial charge < -0.3 is 29.2 Å². The minimum absolute atomic E-state index is 0.0987. The van der Waals surface area contributed by atoms with Gasteiger partial charge in [-0.3, -0.25) is 14.4 Å². The molecular weight excluding hydrogens is 674 g/mol. The van der Waals surface area contributed by atoms with Crippen molar-refractivity contribution in [3.05, 3.63) is 66.7 Å². The van der Waals surface area contributed by atoms with Gasteiger partial charge in [-0.15, -0.1) is 0 Å². The van der Waals surface area contributed by atoms with Crippen molar-refractivity contribution in [2.45, 2.75) is 102 Å². The molecule has 1 N–H and O–H groups in total. The zero-order valence-corrected chi connectivity index (χ0v) is 31.4. The van der Waals surface area contributed by atoms with Gasteiger partial charge in [-0.2, -0.15) is 0 Å². The molecule has 1 unspecified atom stereocenters. The number of allylic oxidation sites excluding steroid dienone is 1. The molecule has 1 aromatic heterocycles. The van der Waals surface area contributed by atoms with Crippen LogP contribution in [0.25, 0.3) is 22.2 Å². The Labute approximate surface area is 311 Å². The molecule has 2 fully saturated rings. The van der Waals surface area contributed by atoms with Gasteiger partial charge in [0.15, 0.2) is 0 Å². The normalized spacial score (nSPS) is 25.6. The number of amides is 2. The maximum absolute atomic E-state index is 14.6. The van der Waals surface area contributed by atoms with Crippen LogP contribution in [0.3, 0.4) is 0 Å². The summed E-state index contributed by atoms with van der Waals surface area (Å²) >= 11 is 0. The summed E-state index contributed by atoms with van der Waals surface area (Å²) in [4.78, 5) is 61.9. The lowest BCUT2D eigenvalue weighted by Gasteiger charge is -2.29. The lowest BCUT2D eigenvalue weighted by atomic mass is 9.95. The Morgan fingerprint density at radius 1 is 1.04 bits per heavy atom. The SMILES string of the molecule is CCOC(=O)[C@@]12CC1/C=C\CCCCC[C@H](CC(=O)OC(C)(C)C)C(=O)N1C[C@H](Oc3cc(-c4ccccc4)nc4cc(OC)ccc34)C[C@H]1C(=O)N2. The second kappa shape index (κ2) is 16.0. The number of pyridine rings is 1. The maximum atomic E-state index is 14.6. The zero-order valence-electron chi connectivity index (χ0n) is 31.4. The number of hydrogen-bond acceptors (Lipinski definition) is 9. The van der Waals surface area contributed by atoms with E-state index in [1.165, 1.54) is 0 Å². The number of aromatic nitrogens is 1. The average molecular weight is 726 g/mol. The highest BCUT2D eigenvalue weighted by Gasteiger charge is 2.62. The predicted molar refractivity (Wildman–Crippen MR) is 200 cm³/mol. The molecule has 3 heterocycles. The first-order valence-electron chi connectivity index (χ1n) is 18.8. The molecule has 1 saturated heterocycles. The van der Waals surface area contributed by atoms with E-state index in [1.807, 2.05) is 60.7 Å². The Hall–Kier alpha value is -4.93. The number of benzene rings is 2. The summed E-state index contributed by atoms with van der Waals surface area (Å²) in [5.41, 5.74) is 0.365. The fourth-order valence-corrected chi connectivity index (χ4v) is 7.45. The van der Waals surface area contributed by atoms with Crippen molar-refractivity contribution >= 4 is 34.7 Å². The maximum Gasteiger partial charge on any atom is 0.332 e. The summed E-state index contributed by atoms with van der Waals surface area (Å²) in [6, 6.07) is 16.3. The Bertz CT molecular complexity index is 1850. The van der Waals surface area contributed by atoms with Crippen molar-refractivity contribution in [3.8, 4) is 22.8 Å². The molecule has 1 saturated carbocycles. The Balaban J connectivity index is 1.35. The zero-order chi connectivity index (χ0) is 37.8. The molecule has 0 radical (unpaired) electrons. The van der Waals surface area contributed by atoms with E-state index < -0.39 is 47.0 Å². The molecule has 282 valence electrons. The van der Waals surface area contributed by atoms with Crippen molar-refractivity contribution in [2.24, 2.45) is 11.8 Å². The molecular formula is C42H51N3O8. The number of carbonyl (C=O) groups excluding carboxylic acids is 4. The lowest BCUT2D eigenvalue weighted by Crippen LogP contribution is -2.54. The fraction of sp³-hybridized carbons (Fsp3) is 0.500. The quantitative estimate of drug-likeness (QED) is 0.202. The number of hydrogen-bond donors (Lipinski definition) is 1. The molecule has 5 atom stereocenters. The van der Waals surface area contributed by atoms with E-state index in [4.69, 9.17) is 23.9 Å². The van der Waals surface area contributed by atoms with Gasteiger partial charge in [0.2, 0.25) is 11.8 Å². The lowest BCUT2D eigenvalue weighted by molar-refractivity contribution is -0.159. The highest BCUT2D eigenvalue weighted by molar-refractivity contribution is 5.96. The molecule has 11 nitrogen and oxygen atoms in total. The highest BCUT2D eigenvalue weighted by atomic mass is 16.6. The number of ether oxygens (including phenoxy) is 4. The number of esters is 2. The van der Waals surface area contributed by atoms with E-state index in [0.717, 1.165) is 36.6 Å². The van der Waals surface area contributed by atoms with Crippen LogP contribution in [0.2, 0.25) is 0 Å². The fourth-order valence-electron chi connectivity index (χ4n) is 7.45. The first-order chi connectivity index (χ1) is 25.4. The summed E-state index contributed by atoms with van der Waals surface area (Å²) in [6.45, 7) is 7.42. The third kappa shape index (κ3) is 8.83. The van der Waals surface area contributed by atoms with Gasteiger partial charge in [0, 0.05) is 41.3 Å². The monoisotopic (exact) mass is 725 g/mol. The van der Waals surface area contributed by atoms with Gasteiger partial charge in [-0.1, -0.05) is 55.3 Å². The topological polar surface area (TPSA) is 133 Å². The number of fused-ring (bicyclic) bond motifs is 3. The summed E-state index contributed by atoms with van der Waals surface area (Å²) in [6.07, 6.45) is 7.77. The molecule has 0 spiro atoms. The standard InChI is InChI=1S/C42H51N3O8/c1-6-51-40(49)42-25-29(42)18-14-9-7-8-11-17-28(21-37(46)53-41(2,3)4)39(48)45-26-31(23-35(45)38(47)44-42)52-36-24-33(27-15-12-10-13-16-27)43-34-22-30(50-5)19-20-32(34)36/h10,12-16,18-20,22,24,28-29,31,35H,6-9,11,17,21,23,25-26H2,1-5H3,(H,44,47)/b18-14-/t28-,29?,31-,35+,42-/m1/s1. The number of rotatable bonds is 8. The summed E-state index contributed by atoms with van der Waals surface area (Å²) in [7, 11) is 1.60. The Kier molecular flexibility index (Phi) is 11.4. The first-order valence-corrected chi connectivity index (χ1v) is 18.8. The second-order valence-electron chi connectivity index (χ2n) is 15.3. The molecule has 53 heavy (non-hydrogen) atoms. The minimum atomic E-state index is -1.20. The van der Waals surface area contributed by atoms with Crippen molar-refractivity contribution in [1.82, 2.24) is 15.2 Å².